The van der Waals surface area contributed by atoms with Crippen LogP contribution in [0.1, 0.15) is 32.3 Å². The third kappa shape index (κ3) is 4.97. The highest BCUT2D eigenvalue weighted by Crippen LogP contribution is 2.21. The quantitative estimate of drug-likeness (QED) is 0.726. The van der Waals surface area contributed by atoms with Crippen LogP contribution in [0.15, 0.2) is 59.5 Å². The van der Waals surface area contributed by atoms with Gasteiger partial charge >= 0.3 is 0 Å². The van der Waals surface area contributed by atoms with Crippen LogP contribution in [-0.2, 0) is 14.8 Å². The Bertz CT molecular complexity index is 919. The van der Waals surface area contributed by atoms with Crippen LogP contribution in [0.25, 0.3) is 0 Å². The fraction of sp³-hybridized carbons (Fsp3) is 0.409. The number of ether oxygens (including phenoxy) is 1. The van der Waals surface area contributed by atoms with Crippen LogP contribution in [0.2, 0.25) is 0 Å². The van der Waals surface area contributed by atoms with Gasteiger partial charge in [-0.05, 0) is 42.7 Å². The minimum atomic E-state index is -3.56. The number of hydrogen-bond donors (Lipinski definition) is 0. The Morgan fingerprint density at radius 1 is 0.897 bits per heavy atom. The number of sulfonamides is 1. The lowest BCUT2D eigenvalue weighted by Gasteiger charge is -2.35. The maximum absolute atomic E-state index is 12.9. The number of rotatable bonds is 6. The summed E-state index contributed by atoms with van der Waals surface area (Å²) in [7, 11) is -3.56. The van der Waals surface area contributed by atoms with Gasteiger partial charge in [0.25, 0.3) is 5.91 Å². The van der Waals surface area contributed by atoms with Gasteiger partial charge < -0.3 is 9.64 Å². The Kier molecular flexibility index (Phi) is 6.59. The highest BCUT2D eigenvalue weighted by molar-refractivity contribution is 7.89. The van der Waals surface area contributed by atoms with Crippen LogP contribution >= 0.6 is 0 Å². The van der Waals surface area contributed by atoms with E-state index < -0.39 is 16.1 Å². The molecule has 1 amide bonds. The van der Waals surface area contributed by atoms with Gasteiger partial charge in [0.1, 0.15) is 5.75 Å². The molecule has 3 rings (SSSR count). The Labute approximate surface area is 173 Å². The topological polar surface area (TPSA) is 66.9 Å². The van der Waals surface area contributed by atoms with E-state index in [0.717, 1.165) is 5.56 Å². The van der Waals surface area contributed by atoms with E-state index >= 15 is 0 Å². The van der Waals surface area contributed by atoms with E-state index in [1.165, 1.54) is 4.31 Å². The molecule has 0 N–H and O–H groups in total. The van der Waals surface area contributed by atoms with Crippen molar-refractivity contribution in [3.63, 3.8) is 0 Å². The second-order valence-corrected chi connectivity index (χ2v) is 9.46. The molecule has 7 heteroatoms. The van der Waals surface area contributed by atoms with E-state index in [1.807, 2.05) is 30.3 Å². The van der Waals surface area contributed by atoms with Gasteiger partial charge in [0, 0.05) is 26.2 Å². The van der Waals surface area contributed by atoms with Crippen molar-refractivity contribution in [1.82, 2.24) is 9.21 Å². The van der Waals surface area contributed by atoms with Crippen LogP contribution in [0.5, 0.6) is 5.75 Å². The molecule has 1 heterocycles. The lowest BCUT2D eigenvalue weighted by Crippen LogP contribution is -2.53. The minimum absolute atomic E-state index is 0.132. The molecular formula is C22H28N2O4S. The number of para-hydroxylation sites is 1. The number of carbonyl (C=O) groups is 1. The largest absolute Gasteiger partial charge is 0.481 e. The fourth-order valence-electron chi connectivity index (χ4n) is 3.33. The molecule has 2 aromatic carbocycles. The second-order valence-electron chi connectivity index (χ2n) is 7.53. The summed E-state index contributed by atoms with van der Waals surface area (Å²) in [4.78, 5) is 14.6. The molecule has 0 bridgehead atoms. The number of amides is 1. The van der Waals surface area contributed by atoms with Crippen LogP contribution in [0.3, 0.4) is 0 Å². The van der Waals surface area contributed by atoms with Gasteiger partial charge in [-0.2, -0.15) is 4.31 Å². The minimum Gasteiger partial charge on any atom is -0.481 e. The summed E-state index contributed by atoms with van der Waals surface area (Å²) in [5.41, 5.74) is 1.10. The van der Waals surface area contributed by atoms with Crippen molar-refractivity contribution >= 4 is 15.9 Å². The lowest BCUT2D eigenvalue weighted by molar-refractivity contribution is -0.139. The van der Waals surface area contributed by atoms with Gasteiger partial charge in [0.2, 0.25) is 10.0 Å². The number of carbonyl (C=O) groups excluding carboxylic acids is 1. The summed E-state index contributed by atoms with van der Waals surface area (Å²) in [6, 6.07) is 16.2. The third-order valence-electron chi connectivity index (χ3n) is 5.14. The van der Waals surface area contributed by atoms with Gasteiger partial charge in [0.15, 0.2) is 6.10 Å². The number of nitrogens with zero attached hydrogens (tertiary/aromatic N) is 2. The lowest BCUT2D eigenvalue weighted by atomic mass is 10.0. The van der Waals surface area contributed by atoms with E-state index in [-0.39, 0.29) is 19.0 Å². The summed E-state index contributed by atoms with van der Waals surface area (Å²) in [6.07, 6.45) is -0.621. The summed E-state index contributed by atoms with van der Waals surface area (Å²) in [6.45, 7) is 7.12. The van der Waals surface area contributed by atoms with Gasteiger partial charge in [-0.3, -0.25) is 4.79 Å². The Morgan fingerprint density at radius 3 is 2.03 bits per heavy atom. The molecule has 0 radical (unpaired) electrons. The number of hydrogen-bond acceptors (Lipinski definition) is 4. The molecule has 6 nitrogen and oxygen atoms in total. The van der Waals surface area contributed by atoms with Crippen molar-refractivity contribution in [2.75, 3.05) is 26.2 Å². The molecule has 0 spiro atoms. The summed E-state index contributed by atoms with van der Waals surface area (Å²) >= 11 is 0. The first-order chi connectivity index (χ1) is 13.8. The standard InChI is InChI=1S/C22H28N2O4S/c1-17(2)19-9-11-21(12-10-19)29(26,27)24-15-13-23(14-16-24)22(25)18(3)28-20-7-5-4-6-8-20/h4-12,17-18H,13-16H2,1-3H3. The molecule has 1 unspecified atom stereocenters. The predicted octanol–water partition coefficient (Wildman–Crippen LogP) is 3.11. The first-order valence-electron chi connectivity index (χ1n) is 9.89. The van der Waals surface area contributed by atoms with Crippen LogP contribution in [0, 0.1) is 0 Å². The molecule has 1 aliphatic rings. The van der Waals surface area contributed by atoms with Crippen LogP contribution in [0.4, 0.5) is 0 Å². The molecule has 1 saturated heterocycles. The summed E-state index contributed by atoms with van der Waals surface area (Å²) < 4.78 is 33.0. The molecule has 0 aromatic heterocycles. The monoisotopic (exact) mass is 416 g/mol. The molecule has 29 heavy (non-hydrogen) atoms. The first-order valence-corrected chi connectivity index (χ1v) is 11.3. The van der Waals surface area contributed by atoms with Crippen molar-refractivity contribution in [3.05, 3.63) is 60.2 Å². The summed E-state index contributed by atoms with van der Waals surface area (Å²) in [5, 5.41) is 0. The molecule has 1 atom stereocenters. The van der Waals surface area contributed by atoms with E-state index in [0.29, 0.717) is 29.7 Å². The highest BCUT2D eigenvalue weighted by Gasteiger charge is 2.32. The van der Waals surface area contributed by atoms with Crippen molar-refractivity contribution in [2.24, 2.45) is 0 Å². The molecule has 156 valence electrons. The van der Waals surface area contributed by atoms with Crippen molar-refractivity contribution in [1.29, 1.82) is 0 Å². The first kappa shape index (κ1) is 21.3. The van der Waals surface area contributed by atoms with E-state index in [9.17, 15) is 13.2 Å². The zero-order chi connectivity index (χ0) is 21.0. The van der Waals surface area contributed by atoms with Gasteiger partial charge in [-0.15, -0.1) is 0 Å². The zero-order valence-corrected chi connectivity index (χ0v) is 17.9. The zero-order valence-electron chi connectivity index (χ0n) is 17.1. The van der Waals surface area contributed by atoms with Gasteiger partial charge in [-0.1, -0.05) is 44.2 Å². The average Bonchev–Trinajstić information content (AvgIpc) is 2.74. The molecule has 0 aliphatic carbocycles. The maximum atomic E-state index is 12.9. The molecular weight excluding hydrogens is 388 g/mol. The predicted molar refractivity (Wildman–Crippen MR) is 112 cm³/mol. The van der Waals surface area contributed by atoms with E-state index in [2.05, 4.69) is 13.8 Å². The smallest absolute Gasteiger partial charge is 0.263 e. The molecule has 2 aromatic rings. The maximum Gasteiger partial charge on any atom is 0.263 e. The molecule has 1 aliphatic heterocycles. The Morgan fingerprint density at radius 2 is 1.48 bits per heavy atom. The van der Waals surface area contributed by atoms with Gasteiger partial charge in [0.05, 0.1) is 4.90 Å². The highest BCUT2D eigenvalue weighted by atomic mass is 32.2. The van der Waals surface area contributed by atoms with Gasteiger partial charge in [-0.25, -0.2) is 8.42 Å². The van der Waals surface area contributed by atoms with E-state index in [1.54, 1.807) is 36.1 Å². The fourth-order valence-corrected chi connectivity index (χ4v) is 4.76. The second kappa shape index (κ2) is 8.97. The van der Waals surface area contributed by atoms with Crippen LogP contribution in [-0.4, -0.2) is 55.8 Å². The summed E-state index contributed by atoms with van der Waals surface area (Å²) in [5.74, 6) is 0.855. The average molecular weight is 417 g/mol. The molecule has 0 saturated carbocycles. The number of benzene rings is 2. The van der Waals surface area contributed by atoms with Crippen LogP contribution < -0.4 is 4.74 Å². The Balaban J connectivity index is 1.59. The normalized spacial score (nSPS) is 16.6. The Hall–Kier alpha value is -2.38. The number of piperazine rings is 1. The van der Waals surface area contributed by atoms with Crippen molar-refractivity contribution in [2.45, 2.75) is 37.7 Å². The van der Waals surface area contributed by atoms with E-state index in [4.69, 9.17) is 4.74 Å². The van der Waals surface area contributed by atoms with Crippen molar-refractivity contribution < 1.29 is 17.9 Å². The SMILES string of the molecule is CC(Oc1ccccc1)C(=O)N1CCN(S(=O)(=O)c2ccc(C(C)C)cc2)CC1. The van der Waals surface area contributed by atoms with Crippen molar-refractivity contribution in [3.8, 4) is 5.75 Å². The third-order valence-corrected chi connectivity index (χ3v) is 7.05. The molecule has 1 fully saturated rings.